The minimum absolute atomic E-state index is 0.0110. The number of carbonyl (C=O) groups excluding carboxylic acids is 1. The van der Waals surface area contributed by atoms with Gasteiger partial charge in [0.25, 0.3) is 0 Å². The maximum Gasteiger partial charge on any atom is 0.312 e. The molecule has 3 heteroatoms. The zero-order valence-corrected chi connectivity index (χ0v) is 9.44. The minimum atomic E-state index is -0.0258. The molecule has 5 atom stereocenters. The quantitative estimate of drug-likeness (QED) is 0.461. The van der Waals surface area contributed by atoms with E-state index in [9.17, 15) is 4.79 Å². The SMILES string of the molecule is C[C@H]1OC(=O)[C@H]2[C@@H]1[C@@H]1O[C@H]2C2=C1CCCC2. The first-order valence-electron chi connectivity index (χ1n) is 6.35. The largest absolute Gasteiger partial charge is 0.462 e. The van der Waals surface area contributed by atoms with Crippen molar-refractivity contribution >= 4 is 5.97 Å². The van der Waals surface area contributed by atoms with Gasteiger partial charge in [-0.3, -0.25) is 4.79 Å². The van der Waals surface area contributed by atoms with Crippen molar-refractivity contribution in [1.29, 1.82) is 0 Å². The predicted molar refractivity (Wildman–Crippen MR) is 56.7 cm³/mol. The second kappa shape index (κ2) is 2.89. The Morgan fingerprint density at radius 2 is 1.81 bits per heavy atom. The molecule has 3 aliphatic heterocycles. The number of fused-ring (bicyclic) bond motifs is 7. The summed E-state index contributed by atoms with van der Waals surface area (Å²) in [6.07, 6.45) is 5.18. The molecule has 0 N–H and O–H groups in total. The number of hydrogen-bond acceptors (Lipinski definition) is 3. The summed E-state index contributed by atoms with van der Waals surface area (Å²) in [7, 11) is 0. The van der Waals surface area contributed by atoms with Crippen molar-refractivity contribution < 1.29 is 14.3 Å². The van der Waals surface area contributed by atoms with Gasteiger partial charge < -0.3 is 9.47 Å². The fourth-order valence-electron chi connectivity index (χ4n) is 4.10. The van der Waals surface area contributed by atoms with Crippen molar-refractivity contribution in [3.8, 4) is 0 Å². The number of ether oxygens (including phenoxy) is 2. The molecule has 0 spiro atoms. The van der Waals surface area contributed by atoms with E-state index >= 15 is 0 Å². The molecule has 2 saturated heterocycles. The molecule has 4 aliphatic rings. The zero-order valence-electron chi connectivity index (χ0n) is 9.44. The van der Waals surface area contributed by atoms with Crippen molar-refractivity contribution in [2.45, 2.75) is 50.9 Å². The number of hydrogen-bond donors (Lipinski definition) is 0. The number of cyclic esters (lactones) is 1. The van der Waals surface area contributed by atoms with E-state index in [0.717, 1.165) is 6.42 Å². The molecule has 1 aliphatic carbocycles. The summed E-state index contributed by atoms with van der Waals surface area (Å²) >= 11 is 0. The smallest absolute Gasteiger partial charge is 0.312 e. The van der Waals surface area contributed by atoms with E-state index in [2.05, 4.69) is 0 Å². The molecule has 3 nitrogen and oxygen atoms in total. The maximum absolute atomic E-state index is 11.8. The highest BCUT2D eigenvalue weighted by atomic mass is 16.6. The highest BCUT2D eigenvalue weighted by Crippen LogP contribution is 2.55. The molecular formula is C13H16O3. The van der Waals surface area contributed by atoms with Gasteiger partial charge in [-0.1, -0.05) is 0 Å². The molecule has 0 amide bonds. The van der Waals surface area contributed by atoms with Gasteiger partial charge >= 0.3 is 5.97 Å². The van der Waals surface area contributed by atoms with Crippen LogP contribution in [0.1, 0.15) is 32.6 Å². The fraction of sp³-hybridized carbons (Fsp3) is 0.769. The fourth-order valence-corrected chi connectivity index (χ4v) is 4.10. The van der Waals surface area contributed by atoms with Crippen molar-refractivity contribution in [3.63, 3.8) is 0 Å². The highest BCUT2D eigenvalue weighted by molar-refractivity contribution is 5.78. The lowest BCUT2D eigenvalue weighted by Gasteiger charge is -2.28. The predicted octanol–water partition coefficient (Wildman–Crippen LogP) is 1.82. The summed E-state index contributed by atoms with van der Waals surface area (Å²) in [5.41, 5.74) is 2.96. The third-order valence-corrected chi connectivity index (χ3v) is 4.74. The lowest BCUT2D eigenvalue weighted by Crippen LogP contribution is -2.33. The van der Waals surface area contributed by atoms with Gasteiger partial charge in [0.2, 0.25) is 0 Å². The monoisotopic (exact) mass is 220 g/mol. The first-order chi connectivity index (χ1) is 7.77. The Kier molecular flexibility index (Phi) is 1.67. The Bertz CT molecular complexity index is 398. The average molecular weight is 220 g/mol. The second-order valence-corrected chi connectivity index (χ2v) is 5.48. The van der Waals surface area contributed by atoms with Crippen LogP contribution in [0.5, 0.6) is 0 Å². The third-order valence-electron chi connectivity index (χ3n) is 4.74. The summed E-state index contributed by atoms with van der Waals surface area (Å²) in [5, 5.41) is 0. The van der Waals surface area contributed by atoms with Gasteiger partial charge in [-0.2, -0.15) is 0 Å². The molecule has 0 unspecified atom stereocenters. The van der Waals surface area contributed by atoms with E-state index in [0.29, 0.717) is 5.92 Å². The van der Waals surface area contributed by atoms with E-state index in [1.807, 2.05) is 6.92 Å². The average Bonchev–Trinajstić information content (AvgIpc) is 2.91. The summed E-state index contributed by atoms with van der Waals surface area (Å²) in [6, 6.07) is 0. The van der Waals surface area contributed by atoms with E-state index in [1.165, 1.54) is 30.4 Å². The summed E-state index contributed by atoms with van der Waals surface area (Å²) in [6.45, 7) is 2.01. The molecule has 3 heterocycles. The van der Waals surface area contributed by atoms with E-state index in [-0.39, 0.29) is 30.2 Å². The van der Waals surface area contributed by atoms with Crippen LogP contribution in [0.15, 0.2) is 11.1 Å². The molecule has 0 aromatic rings. The number of rotatable bonds is 0. The van der Waals surface area contributed by atoms with Gasteiger partial charge in [0.1, 0.15) is 6.10 Å². The van der Waals surface area contributed by atoms with Gasteiger partial charge in [0.15, 0.2) is 0 Å². The Hall–Kier alpha value is -0.830. The first-order valence-corrected chi connectivity index (χ1v) is 6.35. The minimum Gasteiger partial charge on any atom is -0.462 e. The van der Waals surface area contributed by atoms with Crippen LogP contribution >= 0.6 is 0 Å². The third kappa shape index (κ3) is 0.915. The van der Waals surface area contributed by atoms with Crippen LogP contribution in [0.2, 0.25) is 0 Å². The van der Waals surface area contributed by atoms with Crippen LogP contribution in [-0.2, 0) is 14.3 Å². The van der Waals surface area contributed by atoms with Crippen LogP contribution in [0.3, 0.4) is 0 Å². The van der Waals surface area contributed by atoms with Gasteiger partial charge in [-0.25, -0.2) is 0 Å². The molecule has 0 saturated carbocycles. The molecule has 2 bridgehead atoms. The first kappa shape index (κ1) is 9.23. The van der Waals surface area contributed by atoms with Crippen molar-refractivity contribution in [2.75, 3.05) is 0 Å². The molecular weight excluding hydrogens is 204 g/mol. The molecule has 86 valence electrons. The van der Waals surface area contributed by atoms with Gasteiger partial charge in [-0.05, 0) is 43.8 Å². The van der Waals surface area contributed by atoms with Crippen molar-refractivity contribution in [1.82, 2.24) is 0 Å². The van der Waals surface area contributed by atoms with Gasteiger partial charge in [0, 0.05) is 5.92 Å². The van der Waals surface area contributed by atoms with Gasteiger partial charge in [-0.15, -0.1) is 0 Å². The highest BCUT2D eigenvalue weighted by Gasteiger charge is 2.62. The molecule has 0 aromatic heterocycles. The topological polar surface area (TPSA) is 35.5 Å². The number of carbonyl (C=O) groups is 1. The van der Waals surface area contributed by atoms with Crippen molar-refractivity contribution in [3.05, 3.63) is 11.1 Å². The normalized spacial score (nSPS) is 49.3. The summed E-state index contributed by atoms with van der Waals surface area (Å²) < 4.78 is 11.4. The maximum atomic E-state index is 11.8. The molecule has 2 fully saturated rings. The van der Waals surface area contributed by atoms with Crippen LogP contribution < -0.4 is 0 Å². The number of esters is 1. The summed E-state index contributed by atoms with van der Waals surface area (Å²) in [5.74, 6) is 0.285. The van der Waals surface area contributed by atoms with Crippen molar-refractivity contribution in [2.24, 2.45) is 11.8 Å². The Balaban J connectivity index is 1.79. The van der Waals surface area contributed by atoms with Crippen LogP contribution in [0.4, 0.5) is 0 Å². The lowest BCUT2D eigenvalue weighted by molar-refractivity contribution is -0.146. The van der Waals surface area contributed by atoms with Gasteiger partial charge in [0.05, 0.1) is 18.1 Å². The molecule has 0 radical (unpaired) electrons. The molecule has 0 aromatic carbocycles. The zero-order chi connectivity index (χ0) is 10.9. The summed E-state index contributed by atoms with van der Waals surface area (Å²) in [4.78, 5) is 11.8. The van der Waals surface area contributed by atoms with E-state index in [4.69, 9.17) is 9.47 Å². The standard InChI is InChI=1S/C13H16O3/c1-6-9-10(13(14)15-6)12-8-5-3-2-4-7(8)11(9)16-12/h6,9-12H,2-5H2,1H3/t6-,9-,10+,11-,12+/m1/s1. The Morgan fingerprint density at radius 3 is 2.56 bits per heavy atom. The Morgan fingerprint density at radius 1 is 1.12 bits per heavy atom. The molecule has 4 rings (SSSR count). The molecule has 16 heavy (non-hydrogen) atoms. The second-order valence-electron chi connectivity index (χ2n) is 5.48. The van der Waals surface area contributed by atoms with E-state index < -0.39 is 0 Å². The van der Waals surface area contributed by atoms with Crippen LogP contribution in [0.25, 0.3) is 0 Å². The lowest BCUT2D eigenvalue weighted by atomic mass is 9.71. The van der Waals surface area contributed by atoms with Crippen LogP contribution in [-0.4, -0.2) is 24.3 Å². The van der Waals surface area contributed by atoms with Crippen LogP contribution in [0, 0.1) is 11.8 Å². The Labute approximate surface area is 94.8 Å². The van der Waals surface area contributed by atoms with E-state index in [1.54, 1.807) is 0 Å².